The fourth-order valence-electron chi connectivity index (χ4n) is 2.44. The van der Waals surface area contributed by atoms with Crippen molar-refractivity contribution < 1.29 is 4.79 Å². The van der Waals surface area contributed by atoms with Crippen LogP contribution in [-0.2, 0) is 6.54 Å². The minimum absolute atomic E-state index is 0.103. The molecule has 0 saturated heterocycles. The summed E-state index contributed by atoms with van der Waals surface area (Å²) in [4.78, 5) is 16.6. The number of imidazole rings is 1. The lowest BCUT2D eigenvalue weighted by molar-refractivity contribution is 0.0947. The van der Waals surface area contributed by atoms with Gasteiger partial charge in [0.05, 0.1) is 17.5 Å². The second-order valence-corrected chi connectivity index (χ2v) is 6.39. The van der Waals surface area contributed by atoms with Gasteiger partial charge in [0.2, 0.25) is 0 Å². The van der Waals surface area contributed by atoms with E-state index in [1.165, 1.54) is 0 Å². The number of rotatable bonds is 6. The summed E-state index contributed by atoms with van der Waals surface area (Å²) in [5, 5.41) is 13.9. The molecule has 0 fully saturated rings. The lowest BCUT2D eigenvalue weighted by atomic mass is 10.1. The van der Waals surface area contributed by atoms with Crippen LogP contribution in [0.3, 0.4) is 0 Å². The van der Waals surface area contributed by atoms with Crippen molar-refractivity contribution in [3.8, 4) is 11.3 Å². The number of carbonyl (C=O) groups excluding carboxylic acids is 1. The molecule has 23 heavy (non-hydrogen) atoms. The molecule has 0 aliphatic carbocycles. The summed E-state index contributed by atoms with van der Waals surface area (Å²) in [7, 11) is 0. The van der Waals surface area contributed by atoms with E-state index in [9.17, 15) is 4.79 Å². The van der Waals surface area contributed by atoms with E-state index in [2.05, 4.69) is 32.0 Å². The summed E-state index contributed by atoms with van der Waals surface area (Å²) in [5.74, 6) is 1.19. The molecule has 3 aromatic heterocycles. The number of carbonyl (C=O) groups is 1. The Kier molecular flexibility index (Phi) is 4.57. The van der Waals surface area contributed by atoms with Crippen LogP contribution < -0.4 is 5.32 Å². The Hall–Kier alpha value is -2.41. The molecule has 1 unspecified atom stereocenters. The molecule has 2 N–H and O–H groups in total. The topological polar surface area (TPSA) is 75.6 Å². The van der Waals surface area contributed by atoms with Crippen molar-refractivity contribution in [3.05, 3.63) is 46.8 Å². The molecule has 0 aliphatic rings. The minimum atomic E-state index is -0.103. The standard InChI is InChI=1S/C16H19N5OS/c1-11(9-21-5-4-17-12(21)2)7-18-16(22)14-8-19-20-15(14)13-3-6-23-10-13/h3-6,8,10-11H,7,9H2,1-2H3,(H,18,22)(H,19,20). The predicted molar refractivity (Wildman–Crippen MR) is 90.4 cm³/mol. The highest BCUT2D eigenvalue weighted by Gasteiger charge is 2.16. The third kappa shape index (κ3) is 3.50. The fraction of sp³-hybridized carbons (Fsp3) is 0.312. The Bertz CT molecular complexity index is 774. The average molecular weight is 329 g/mol. The fourth-order valence-corrected chi connectivity index (χ4v) is 3.09. The van der Waals surface area contributed by atoms with E-state index in [0.717, 1.165) is 23.6 Å². The normalized spacial score (nSPS) is 12.3. The third-order valence-electron chi connectivity index (χ3n) is 3.74. The molecule has 0 aliphatic heterocycles. The maximum Gasteiger partial charge on any atom is 0.255 e. The van der Waals surface area contributed by atoms with Gasteiger partial charge < -0.3 is 9.88 Å². The molecule has 3 aromatic rings. The molecular weight excluding hydrogens is 310 g/mol. The maximum atomic E-state index is 12.4. The van der Waals surface area contributed by atoms with Crippen LogP contribution in [-0.4, -0.2) is 32.2 Å². The van der Waals surface area contributed by atoms with Crippen LogP contribution in [0.15, 0.2) is 35.4 Å². The summed E-state index contributed by atoms with van der Waals surface area (Å²) in [5.41, 5.74) is 2.33. The van der Waals surface area contributed by atoms with Crippen LogP contribution in [0, 0.1) is 12.8 Å². The van der Waals surface area contributed by atoms with E-state index < -0.39 is 0 Å². The number of nitrogens with zero attached hydrogens (tertiary/aromatic N) is 3. The number of H-pyrrole nitrogens is 1. The van der Waals surface area contributed by atoms with E-state index in [-0.39, 0.29) is 5.91 Å². The molecule has 0 aromatic carbocycles. The Labute approximate surface area is 138 Å². The number of aryl methyl sites for hydroxylation is 1. The first-order valence-electron chi connectivity index (χ1n) is 7.47. The molecule has 0 bridgehead atoms. The van der Waals surface area contributed by atoms with Crippen molar-refractivity contribution in [2.45, 2.75) is 20.4 Å². The number of amides is 1. The van der Waals surface area contributed by atoms with Crippen LogP contribution in [0.25, 0.3) is 11.3 Å². The summed E-state index contributed by atoms with van der Waals surface area (Å²) in [6.07, 6.45) is 5.32. The molecule has 6 nitrogen and oxygen atoms in total. The van der Waals surface area contributed by atoms with Crippen LogP contribution in [0.5, 0.6) is 0 Å². The molecule has 1 atom stereocenters. The molecule has 3 rings (SSSR count). The number of aromatic nitrogens is 4. The lowest BCUT2D eigenvalue weighted by Crippen LogP contribution is -2.30. The highest BCUT2D eigenvalue weighted by molar-refractivity contribution is 7.08. The molecule has 3 heterocycles. The molecular formula is C16H19N5OS. The van der Waals surface area contributed by atoms with Crippen molar-refractivity contribution >= 4 is 17.2 Å². The van der Waals surface area contributed by atoms with Crippen molar-refractivity contribution in [1.82, 2.24) is 25.1 Å². The first-order chi connectivity index (χ1) is 11.1. The van der Waals surface area contributed by atoms with Crippen LogP contribution >= 0.6 is 11.3 Å². The number of hydrogen-bond donors (Lipinski definition) is 2. The van der Waals surface area contributed by atoms with E-state index in [4.69, 9.17) is 0 Å². The second kappa shape index (κ2) is 6.78. The monoisotopic (exact) mass is 329 g/mol. The number of thiophene rings is 1. The highest BCUT2D eigenvalue weighted by atomic mass is 32.1. The maximum absolute atomic E-state index is 12.4. The van der Waals surface area contributed by atoms with Gasteiger partial charge in [-0.3, -0.25) is 9.89 Å². The highest BCUT2D eigenvalue weighted by Crippen LogP contribution is 2.23. The predicted octanol–water partition coefficient (Wildman–Crippen LogP) is 2.71. The van der Waals surface area contributed by atoms with Crippen LogP contribution in [0.1, 0.15) is 23.1 Å². The van der Waals surface area contributed by atoms with Gasteiger partial charge in [-0.15, -0.1) is 0 Å². The quantitative estimate of drug-likeness (QED) is 0.730. The van der Waals surface area contributed by atoms with Crippen molar-refractivity contribution in [2.24, 2.45) is 5.92 Å². The van der Waals surface area contributed by atoms with E-state index in [1.54, 1.807) is 23.7 Å². The molecule has 0 saturated carbocycles. The van der Waals surface area contributed by atoms with Crippen LogP contribution in [0.2, 0.25) is 0 Å². The van der Waals surface area contributed by atoms with Gasteiger partial charge in [0.15, 0.2) is 0 Å². The van der Waals surface area contributed by atoms with E-state index >= 15 is 0 Å². The summed E-state index contributed by atoms with van der Waals surface area (Å²) < 4.78 is 2.09. The Morgan fingerprint density at radius 3 is 3.09 bits per heavy atom. The van der Waals surface area contributed by atoms with Gasteiger partial charge in [0.25, 0.3) is 5.91 Å². The third-order valence-corrected chi connectivity index (χ3v) is 4.42. The number of nitrogens with one attached hydrogen (secondary N) is 2. The Morgan fingerprint density at radius 2 is 2.39 bits per heavy atom. The lowest BCUT2D eigenvalue weighted by Gasteiger charge is -2.14. The minimum Gasteiger partial charge on any atom is -0.352 e. The van der Waals surface area contributed by atoms with E-state index in [0.29, 0.717) is 18.0 Å². The molecule has 0 radical (unpaired) electrons. The van der Waals surface area contributed by atoms with E-state index in [1.807, 2.05) is 29.9 Å². The SMILES string of the molecule is Cc1nccn1CC(C)CNC(=O)c1cn[nH]c1-c1ccsc1. The zero-order valence-electron chi connectivity index (χ0n) is 13.1. The smallest absolute Gasteiger partial charge is 0.255 e. The van der Waals surface area contributed by atoms with Gasteiger partial charge in [-0.2, -0.15) is 16.4 Å². The summed E-state index contributed by atoms with van der Waals surface area (Å²) in [6, 6.07) is 1.97. The first kappa shape index (κ1) is 15.5. The zero-order chi connectivity index (χ0) is 16.2. The van der Waals surface area contributed by atoms with Crippen molar-refractivity contribution in [2.75, 3.05) is 6.54 Å². The zero-order valence-corrected chi connectivity index (χ0v) is 13.9. The molecule has 7 heteroatoms. The number of hydrogen-bond acceptors (Lipinski definition) is 4. The van der Waals surface area contributed by atoms with Gasteiger partial charge >= 0.3 is 0 Å². The summed E-state index contributed by atoms with van der Waals surface area (Å²) >= 11 is 1.59. The average Bonchev–Trinajstić information content (AvgIpc) is 3.26. The van der Waals surface area contributed by atoms with Gasteiger partial charge in [-0.05, 0) is 24.3 Å². The number of aromatic amines is 1. The largest absolute Gasteiger partial charge is 0.352 e. The van der Waals surface area contributed by atoms with Gasteiger partial charge in [-0.25, -0.2) is 4.98 Å². The molecule has 120 valence electrons. The van der Waals surface area contributed by atoms with Crippen molar-refractivity contribution in [1.29, 1.82) is 0 Å². The van der Waals surface area contributed by atoms with Gasteiger partial charge in [0, 0.05) is 36.4 Å². The summed E-state index contributed by atoms with van der Waals surface area (Å²) in [6.45, 7) is 5.51. The Balaban J connectivity index is 1.60. The van der Waals surface area contributed by atoms with Gasteiger partial charge in [-0.1, -0.05) is 6.92 Å². The van der Waals surface area contributed by atoms with Crippen LogP contribution in [0.4, 0.5) is 0 Å². The second-order valence-electron chi connectivity index (χ2n) is 5.61. The van der Waals surface area contributed by atoms with Gasteiger partial charge in [0.1, 0.15) is 5.82 Å². The van der Waals surface area contributed by atoms with Crippen molar-refractivity contribution in [3.63, 3.8) is 0 Å². The molecule has 0 spiro atoms. The Morgan fingerprint density at radius 1 is 1.52 bits per heavy atom. The first-order valence-corrected chi connectivity index (χ1v) is 8.41. The molecule has 1 amide bonds.